The van der Waals surface area contributed by atoms with E-state index in [1.165, 1.54) is 44.6 Å². The number of aromatic nitrogens is 2. The minimum atomic E-state index is 0.550. The molecule has 0 radical (unpaired) electrons. The Balaban J connectivity index is 1.70. The minimum absolute atomic E-state index is 0.550. The molecule has 1 N–H and O–H groups in total. The SMILES string of the molecule is CCc1ncc(N2CCC3(CCNCC3)C2)cn1. The average Bonchev–Trinajstić information content (AvgIpc) is 2.83. The number of aryl methyl sites for hydroxylation is 1. The van der Waals surface area contributed by atoms with Crippen LogP contribution in [0, 0.1) is 5.41 Å². The zero-order chi connectivity index (χ0) is 12.4. The highest BCUT2D eigenvalue weighted by Gasteiger charge is 2.38. The zero-order valence-electron chi connectivity index (χ0n) is 11.2. The number of piperidine rings is 1. The highest BCUT2D eigenvalue weighted by atomic mass is 15.2. The lowest BCUT2D eigenvalue weighted by molar-refractivity contribution is 0.232. The summed E-state index contributed by atoms with van der Waals surface area (Å²) in [6.45, 7) is 6.80. The lowest BCUT2D eigenvalue weighted by Crippen LogP contribution is -2.38. The standard InChI is InChI=1S/C14H22N4/c1-2-13-16-9-12(10-17-13)18-8-5-14(11-18)3-6-15-7-4-14/h9-10,15H,2-8,11H2,1H3. The fraction of sp³-hybridized carbons (Fsp3) is 0.714. The maximum absolute atomic E-state index is 4.41. The molecule has 1 spiro atoms. The molecule has 3 rings (SSSR count). The van der Waals surface area contributed by atoms with Crippen LogP contribution in [0.5, 0.6) is 0 Å². The summed E-state index contributed by atoms with van der Waals surface area (Å²) in [7, 11) is 0. The van der Waals surface area contributed by atoms with Gasteiger partial charge in [-0.1, -0.05) is 6.92 Å². The Morgan fingerprint density at radius 3 is 2.61 bits per heavy atom. The Bertz CT molecular complexity index is 395. The average molecular weight is 246 g/mol. The number of hydrogen-bond acceptors (Lipinski definition) is 4. The number of rotatable bonds is 2. The van der Waals surface area contributed by atoms with Crippen molar-refractivity contribution in [3.63, 3.8) is 0 Å². The van der Waals surface area contributed by atoms with Crippen LogP contribution >= 0.6 is 0 Å². The van der Waals surface area contributed by atoms with Gasteiger partial charge in [0.25, 0.3) is 0 Å². The van der Waals surface area contributed by atoms with E-state index >= 15 is 0 Å². The van der Waals surface area contributed by atoms with Crippen molar-refractivity contribution in [1.29, 1.82) is 0 Å². The Morgan fingerprint density at radius 1 is 1.22 bits per heavy atom. The first-order valence-corrected chi connectivity index (χ1v) is 7.08. The van der Waals surface area contributed by atoms with Crippen LogP contribution < -0.4 is 10.2 Å². The van der Waals surface area contributed by atoms with Gasteiger partial charge in [0, 0.05) is 19.5 Å². The fourth-order valence-corrected chi connectivity index (χ4v) is 3.21. The van der Waals surface area contributed by atoms with Gasteiger partial charge in [-0.05, 0) is 37.8 Å². The van der Waals surface area contributed by atoms with E-state index in [0.29, 0.717) is 5.41 Å². The van der Waals surface area contributed by atoms with Gasteiger partial charge in [0.2, 0.25) is 0 Å². The van der Waals surface area contributed by atoms with Crippen molar-refractivity contribution in [1.82, 2.24) is 15.3 Å². The molecule has 1 aromatic rings. The predicted molar refractivity (Wildman–Crippen MR) is 72.8 cm³/mol. The van der Waals surface area contributed by atoms with Crippen molar-refractivity contribution in [3.05, 3.63) is 18.2 Å². The van der Waals surface area contributed by atoms with E-state index in [4.69, 9.17) is 0 Å². The summed E-state index contributed by atoms with van der Waals surface area (Å²) in [4.78, 5) is 11.3. The zero-order valence-corrected chi connectivity index (χ0v) is 11.2. The van der Waals surface area contributed by atoms with E-state index < -0.39 is 0 Å². The van der Waals surface area contributed by atoms with Crippen molar-refractivity contribution >= 4 is 5.69 Å². The molecule has 2 aliphatic rings. The summed E-state index contributed by atoms with van der Waals surface area (Å²) >= 11 is 0. The number of hydrogen-bond donors (Lipinski definition) is 1. The van der Waals surface area contributed by atoms with Crippen LogP contribution in [0.1, 0.15) is 32.0 Å². The topological polar surface area (TPSA) is 41.1 Å². The Hall–Kier alpha value is -1.16. The van der Waals surface area contributed by atoms with Crippen LogP contribution in [0.15, 0.2) is 12.4 Å². The second kappa shape index (κ2) is 4.84. The Labute approximate surface area is 109 Å². The third kappa shape index (κ3) is 2.21. The maximum Gasteiger partial charge on any atom is 0.128 e. The lowest BCUT2D eigenvalue weighted by atomic mass is 9.78. The fourth-order valence-electron chi connectivity index (χ4n) is 3.21. The highest BCUT2D eigenvalue weighted by Crippen LogP contribution is 2.39. The Morgan fingerprint density at radius 2 is 1.94 bits per heavy atom. The Kier molecular flexibility index (Phi) is 3.20. The van der Waals surface area contributed by atoms with E-state index in [1.807, 2.05) is 12.4 Å². The molecule has 0 atom stereocenters. The van der Waals surface area contributed by atoms with E-state index in [2.05, 4.69) is 27.1 Å². The van der Waals surface area contributed by atoms with Gasteiger partial charge in [0.1, 0.15) is 5.82 Å². The molecule has 2 fully saturated rings. The van der Waals surface area contributed by atoms with Crippen molar-refractivity contribution in [3.8, 4) is 0 Å². The molecule has 0 unspecified atom stereocenters. The van der Waals surface area contributed by atoms with Crippen LogP contribution in [-0.4, -0.2) is 36.1 Å². The first kappa shape index (κ1) is 11.9. The molecule has 98 valence electrons. The molecule has 0 aromatic carbocycles. The second-order valence-electron chi connectivity index (χ2n) is 5.63. The van der Waals surface area contributed by atoms with Gasteiger partial charge in [0.15, 0.2) is 0 Å². The van der Waals surface area contributed by atoms with Gasteiger partial charge in [0.05, 0.1) is 18.1 Å². The van der Waals surface area contributed by atoms with Gasteiger partial charge in [-0.3, -0.25) is 0 Å². The van der Waals surface area contributed by atoms with E-state index in [0.717, 1.165) is 18.8 Å². The third-order valence-electron chi connectivity index (χ3n) is 4.48. The normalized spacial score (nSPS) is 22.6. The van der Waals surface area contributed by atoms with Crippen LogP contribution in [0.25, 0.3) is 0 Å². The molecule has 0 amide bonds. The minimum Gasteiger partial charge on any atom is -0.368 e. The summed E-state index contributed by atoms with van der Waals surface area (Å²) in [6.07, 6.45) is 8.85. The monoisotopic (exact) mass is 246 g/mol. The smallest absolute Gasteiger partial charge is 0.128 e. The summed E-state index contributed by atoms with van der Waals surface area (Å²) < 4.78 is 0. The summed E-state index contributed by atoms with van der Waals surface area (Å²) in [5.74, 6) is 0.939. The van der Waals surface area contributed by atoms with E-state index in [-0.39, 0.29) is 0 Å². The van der Waals surface area contributed by atoms with E-state index in [1.54, 1.807) is 0 Å². The molecule has 0 bridgehead atoms. The maximum atomic E-state index is 4.41. The summed E-state index contributed by atoms with van der Waals surface area (Å²) in [5, 5.41) is 3.46. The lowest BCUT2D eigenvalue weighted by Gasteiger charge is -2.33. The quantitative estimate of drug-likeness (QED) is 0.861. The first-order valence-electron chi connectivity index (χ1n) is 7.08. The third-order valence-corrected chi connectivity index (χ3v) is 4.48. The molecular weight excluding hydrogens is 224 g/mol. The number of anilines is 1. The van der Waals surface area contributed by atoms with Gasteiger partial charge < -0.3 is 10.2 Å². The molecule has 2 saturated heterocycles. The molecule has 18 heavy (non-hydrogen) atoms. The van der Waals surface area contributed by atoms with Crippen molar-refractivity contribution < 1.29 is 0 Å². The first-order chi connectivity index (χ1) is 8.81. The number of nitrogens with one attached hydrogen (secondary N) is 1. The van der Waals surface area contributed by atoms with Gasteiger partial charge in [-0.25, -0.2) is 9.97 Å². The van der Waals surface area contributed by atoms with Crippen LogP contribution in [-0.2, 0) is 6.42 Å². The van der Waals surface area contributed by atoms with Crippen molar-refractivity contribution in [2.75, 3.05) is 31.1 Å². The van der Waals surface area contributed by atoms with Crippen LogP contribution in [0.4, 0.5) is 5.69 Å². The van der Waals surface area contributed by atoms with Gasteiger partial charge >= 0.3 is 0 Å². The largest absolute Gasteiger partial charge is 0.368 e. The molecule has 0 saturated carbocycles. The molecule has 2 aliphatic heterocycles. The molecular formula is C14H22N4. The molecule has 3 heterocycles. The van der Waals surface area contributed by atoms with Crippen LogP contribution in [0.2, 0.25) is 0 Å². The molecule has 1 aromatic heterocycles. The molecule has 0 aliphatic carbocycles. The molecule has 4 heteroatoms. The van der Waals surface area contributed by atoms with Gasteiger partial charge in [-0.2, -0.15) is 0 Å². The van der Waals surface area contributed by atoms with Crippen molar-refractivity contribution in [2.24, 2.45) is 5.41 Å². The summed E-state index contributed by atoms with van der Waals surface area (Å²) in [5.41, 5.74) is 1.75. The van der Waals surface area contributed by atoms with E-state index in [9.17, 15) is 0 Å². The van der Waals surface area contributed by atoms with Crippen molar-refractivity contribution in [2.45, 2.75) is 32.6 Å². The number of nitrogens with zero attached hydrogens (tertiary/aromatic N) is 3. The molecule has 4 nitrogen and oxygen atoms in total. The predicted octanol–water partition coefficient (Wildman–Crippen LogP) is 1.62. The second-order valence-corrected chi connectivity index (χ2v) is 5.63. The summed E-state index contributed by atoms with van der Waals surface area (Å²) in [6, 6.07) is 0. The van der Waals surface area contributed by atoms with Gasteiger partial charge in [-0.15, -0.1) is 0 Å². The van der Waals surface area contributed by atoms with Crippen LogP contribution in [0.3, 0.4) is 0 Å². The highest BCUT2D eigenvalue weighted by molar-refractivity contribution is 5.43.